The fourth-order valence-electron chi connectivity index (χ4n) is 4.25. The highest BCUT2D eigenvalue weighted by atomic mass is 19.3. The molecular formula is C24H23F2N5O3. The number of ether oxygens (including phenoxy) is 2. The number of hydrogen-bond acceptors (Lipinski definition) is 8. The van der Waals surface area contributed by atoms with Crippen LogP contribution in [0.3, 0.4) is 0 Å². The summed E-state index contributed by atoms with van der Waals surface area (Å²) in [6.07, 6.45) is 8.10. The second kappa shape index (κ2) is 9.97. The van der Waals surface area contributed by atoms with E-state index in [1.54, 1.807) is 37.7 Å². The molecule has 1 aromatic carbocycles. The third kappa shape index (κ3) is 4.89. The SMILES string of the molecule is COc1ccncc1N(c1ccc(OC(F)F)cc1)C1CCC(O)(c2ncc(C#N)cn2)CC1. The Morgan fingerprint density at radius 3 is 2.38 bits per heavy atom. The molecule has 176 valence electrons. The summed E-state index contributed by atoms with van der Waals surface area (Å²) in [5, 5.41) is 20.2. The second-order valence-corrected chi connectivity index (χ2v) is 7.96. The zero-order valence-corrected chi connectivity index (χ0v) is 18.4. The fraction of sp³-hybridized carbons (Fsp3) is 0.333. The molecule has 10 heteroatoms. The van der Waals surface area contributed by atoms with Crippen molar-refractivity contribution in [3.05, 3.63) is 66.5 Å². The minimum absolute atomic E-state index is 0.0429. The van der Waals surface area contributed by atoms with Crippen LogP contribution >= 0.6 is 0 Å². The van der Waals surface area contributed by atoms with Gasteiger partial charge in [0.2, 0.25) is 0 Å². The minimum atomic E-state index is -2.90. The Hall–Kier alpha value is -3.84. The van der Waals surface area contributed by atoms with Crippen molar-refractivity contribution in [2.24, 2.45) is 0 Å². The zero-order chi connectivity index (χ0) is 24.1. The maximum absolute atomic E-state index is 12.6. The maximum atomic E-state index is 12.6. The summed E-state index contributed by atoms with van der Waals surface area (Å²) in [5.74, 6) is 0.968. The van der Waals surface area contributed by atoms with E-state index in [-0.39, 0.29) is 11.8 Å². The van der Waals surface area contributed by atoms with Gasteiger partial charge in [0.25, 0.3) is 0 Å². The highest BCUT2D eigenvalue weighted by molar-refractivity contribution is 5.69. The van der Waals surface area contributed by atoms with Crippen molar-refractivity contribution in [2.45, 2.75) is 43.9 Å². The molecule has 1 fully saturated rings. The number of nitrogens with zero attached hydrogens (tertiary/aromatic N) is 5. The van der Waals surface area contributed by atoms with E-state index in [1.807, 2.05) is 11.0 Å². The summed E-state index contributed by atoms with van der Waals surface area (Å²) >= 11 is 0. The number of alkyl halides is 2. The molecule has 0 radical (unpaired) electrons. The normalized spacial score (nSPS) is 19.9. The monoisotopic (exact) mass is 467 g/mol. The number of methoxy groups -OCH3 is 1. The first-order valence-corrected chi connectivity index (χ1v) is 10.7. The molecule has 2 aromatic heterocycles. The third-order valence-electron chi connectivity index (χ3n) is 5.93. The topological polar surface area (TPSA) is 104 Å². The summed E-state index contributed by atoms with van der Waals surface area (Å²) in [4.78, 5) is 14.7. The Balaban J connectivity index is 1.62. The van der Waals surface area contributed by atoms with Gasteiger partial charge in [0.1, 0.15) is 28.9 Å². The maximum Gasteiger partial charge on any atom is 0.387 e. The first kappa shape index (κ1) is 23.3. The Labute approximate surface area is 195 Å². The van der Waals surface area contributed by atoms with Crippen molar-refractivity contribution in [1.82, 2.24) is 15.0 Å². The van der Waals surface area contributed by atoms with Crippen LogP contribution in [-0.2, 0) is 5.60 Å². The van der Waals surface area contributed by atoms with Gasteiger partial charge in [0.05, 0.1) is 18.9 Å². The number of hydrogen-bond donors (Lipinski definition) is 1. The van der Waals surface area contributed by atoms with Crippen LogP contribution in [-0.4, -0.2) is 39.8 Å². The number of aliphatic hydroxyl groups is 1. The summed E-state index contributed by atoms with van der Waals surface area (Å²) < 4.78 is 35.2. The predicted octanol–water partition coefficient (Wildman–Crippen LogP) is 4.32. The van der Waals surface area contributed by atoms with E-state index >= 15 is 0 Å². The van der Waals surface area contributed by atoms with Gasteiger partial charge in [-0.2, -0.15) is 14.0 Å². The second-order valence-electron chi connectivity index (χ2n) is 7.96. The Morgan fingerprint density at radius 1 is 1.12 bits per heavy atom. The molecular weight excluding hydrogens is 444 g/mol. The largest absolute Gasteiger partial charge is 0.494 e. The first-order valence-electron chi connectivity index (χ1n) is 10.7. The molecule has 1 aliphatic carbocycles. The lowest BCUT2D eigenvalue weighted by molar-refractivity contribution is -0.0498. The molecule has 1 N–H and O–H groups in total. The Kier molecular flexibility index (Phi) is 6.84. The zero-order valence-electron chi connectivity index (χ0n) is 18.4. The summed E-state index contributed by atoms with van der Waals surface area (Å²) in [5.41, 5.74) is 0.593. The van der Waals surface area contributed by atoms with Crippen molar-refractivity contribution >= 4 is 11.4 Å². The highest BCUT2D eigenvalue weighted by Gasteiger charge is 2.39. The van der Waals surface area contributed by atoms with Crippen LogP contribution in [0.25, 0.3) is 0 Å². The van der Waals surface area contributed by atoms with Crippen LogP contribution in [0.15, 0.2) is 55.1 Å². The van der Waals surface area contributed by atoms with Gasteiger partial charge in [0.15, 0.2) is 5.82 Å². The van der Waals surface area contributed by atoms with E-state index < -0.39 is 12.2 Å². The minimum Gasteiger partial charge on any atom is -0.494 e. The molecule has 0 amide bonds. The van der Waals surface area contributed by atoms with Gasteiger partial charge in [-0.05, 0) is 49.9 Å². The van der Waals surface area contributed by atoms with Crippen LogP contribution in [0.2, 0.25) is 0 Å². The molecule has 3 aromatic rings. The van der Waals surface area contributed by atoms with Crippen LogP contribution in [0.5, 0.6) is 11.5 Å². The predicted molar refractivity (Wildman–Crippen MR) is 119 cm³/mol. The van der Waals surface area contributed by atoms with Gasteiger partial charge in [-0.1, -0.05) is 0 Å². The van der Waals surface area contributed by atoms with Gasteiger partial charge in [-0.3, -0.25) is 4.98 Å². The van der Waals surface area contributed by atoms with Crippen LogP contribution < -0.4 is 14.4 Å². The van der Waals surface area contributed by atoms with Crippen molar-refractivity contribution in [1.29, 1.82) is 5.26 Å². The third-order valence-corrected chi connectivity index (χ3v) is 5.93. The number of aromatic nitrogens is 3. The summed E-state index contributed by atoms with van der Waals surface area (Å²) in [6.45, 7) is -2.90. The standard InChI is InChI=1S/C24H23F2N5O3/c1-33-21-8-11-28-15-20(21)31(17-2-4-19(5-3-17)34-23(25)26)18-6-9-24(32,10-7-18)22-29-13-16(12-27)14-30-22/h2-5,8,11,13-15,18,23,32H,6-7,9-10H2,1H3. The van der Waals surface area contributed by atoms with E-state index in [4.69, 9.17) is 10.00 Å². The molecule has 34 heavy (non-hydrogen) atoms. The number of nitriles is 1. The van der Waals surface area contributed by atoms with Crippen molar-refractivity contribution in [2.75, 3.05) is 12.0 Å². The van der Waals surface area contributed by atoms with Gasteiger partial charge in [-0.25, -0.2) is 9.97 Å². The molecule has 2 heterocycles. The van der Waals surface area contributed by atoms with Crippen LogP contribution in [0, 0.1) is 11.3 Å². The van der Waals surface area contributed by atoms with Crippen molar-refractivity contribution < 1.29 is 23.4 Å². The van der Waals surface area contributed by atoms with Crippen LogP contribution in [0.4, 0.5) is 20.2 Å². The van der Waals surface area contributed by atoms with E-state index in [2.05, 4.69) is 19.7 Å². The molecule has 8 nitrogen and oxygen atoms in total. The number of halogens is 2. The molecule has 0 saturated heterocycles. The Morgan fingerprint density at radius 2 is 1.79 bits per heavy atom. The van der Waals surface area contributed by atoms with Gasteiger partial charge >= 0.3 is 6.61 Å². The molecule has 0 atom stereocenters. The number of pyridine rings is 1. The molecule has 4 rings (SSSR count). The Bertz CT molecular complexity index is 1140. The molecule has 1 aliphatic rings. The quantitative estimate of drug-likeness (QED) is 0.548. The molecule has 0 unspecified atom stereocenters. The van der Waals surface area contributed by atoms with E-state index in [0.717, 1.165) is 11.4 Å². The molecule has 0 spiro atoms. The smallest absolute Gasteiger partial charge is 0.387 e. The van der Waals surface area contributed by atoms with Crippen molar-refractivity contribution in [3.63, 3.8) is 0 Å². The average molecular weight is 467 g/mol. The lowest BCUT2D eigenvalue weighted by Gasteiger charge is -2.41. The van der Waals surface area contributed by atoms with E-state index in [0.29, 0.717) is 42.8 Å². The van der Waals surface area contributed by atoms with E-state index in [9.17, 15) is 13.9 Å². The van der Waals surface area contributed by atoms with Crippen LogP contribution in [0.1, 0.15) is 37.1 Å². The number of anilines is 2. The lowest BCUT2D eigenvalue weighted by Crippen LogP contribution is -2.41. The average Bonchev–Trinajstić information content (AvgIpc) is 2.86. The van der Waals surface area contributed by atoms with Gasteiger partial charge in [-0.15, -0.1) is 0 Å². The number of rotatable bonds is 7. The molecule has 1 saturated carbocycles. The fourth-order valence-corrected chi connectivity index (χ4v) is 4.25. The van der Waals surface area contributed by atoms with E-state index in [1.165, 1.54) is 24.5 Å². The highest BCUT2D eigenvalue weighted by Crippen LogP contribution is 2.43. The summed E-state index contributed by atoms with van der Waals surface area (Å²) in [7, 11) is 1.57. The van der Waals surface area contributed by atoms with Crippen molar-refractivity contribution in [3.8, 4) is 17.6 Å². The summed E-state index contributed by atoms with van der Waals surface area (Å²) in [6, 6.07) is 10.1. The van der Waals surface area contributed by atoms with Gasteiger partial charge in [0, 0.05) is 36.4 Å². The number of benzene rings is 1. The van der Waals surface area contributed by atoms with Gasteiger partial charge < -0.3 is 19.5 Å². The molecule has 0 bridgehead atoms. The first-order chi connectivity index (χ1) is 16.4. The molecule has 0 aliphatic heterocycles. The lowest BCUT2D eigenvalue weighted by atomic mass is 9.80.